The fraction of sp³-hybridized carbons (Fsp3) is 0.500. The minimum absolute atomic E-state index is 0.354. The number of hydrogen-bond acceptors (Lipinski definition) is 4. The summed E-state index contributed by atoms with van der Waals surface area (Å²) in [4.78, 5) is 41.8. The Balaban J connectivity index is 2.48. The molecule has 0 aliphatic carbocycles. The van der Waals surface area contributed by atoms with Crippen molar-refractivity contribution in [2.45, 2.75) is 91.8 Å². The summed E-state index contributed by atoms with van der Waals surface area (Å²) in [6.45, 7) is 13.1. The van der Waals surface area contributed by atoms with Crippen LogP contribution < -0.4 is 10.6 Å². The number of ether oxygens (including phenoxy) is 1. The molecule has 0 saturated carbocycles. The number of amides is 3. The highest BCUT2D eigenvalue weighted by Gasteiger charge is 2.35. The summed E-state index contributed by atoms with van der Waals surface area (Å²) < 4.78 is 5.35. The number of alkyl carbamates (subject to hydrolysis) is 1. The molecular formula is C30H42ClN3O4. The SMILES string of the molecule is CCCCCCN(C(=O)C(C)NC(=O)OC(C)(C)C)C(C(=O)Nc1c(C)cccc1Cl)c1ccccc1C. The molecule has 2 N–H and O–H groups in total. The van der Waals surface area contributed by atoms with E-state index in [-0.39, 0.29) is 11.8 Å². The lowest BCUT2D eigenvalue weighted by Gasteiger charge is -2.34. The van der Waals surface area contributed by atoms with Crippen molar-refractivity contribution in [3.05, 3.63) is 64.2 Å². The van der Waals surface area contributed by atoms with Crippen LogP contribution in [-0.2, 0) is 14.3 Å². The van der Waals surface area contributed by atoms with E-state index in [1.54, 1.807) is 38.7 Å². The number of unbranched alkanes of at least 4 members (excludes halogenated alkanes) is 3. The van der Waals surface area contributed by atoms with Crippen LogP contribution in [0.3, 0.4) is 0 Å². The van der Waals surface area contributed by atoms with Crippen molar-refractivity contribution in [2.75, 3.05) is 11.9 Å². The van der Waals surface area contributed by atoms with Crippen LogP contribution in [0.5, 0.6) is 0 Å². The molecule has 38 heavy (non-hydrogen) atoms. The maximum absolute atomic E-state index is 14.0. The van der Waals surface area contributed by atoms with Gasteiger partial charge < -0.3 is 20.3 Å². The summed E-state index contributed by atoms with van der Waals surface area (Å²) in [6.07, 6.45) is 3.01. The first-order valence-corrected chi connectivity index (χ1v) is 13.6. The number of carbonyl (C=O) groups is 3. The fourth-order valence-electron chi connectivity index (χ4n) is 4.20. The molecule has 2 unspecified atom stereocenters. The molecule has 0 aliphatic heterocycles. The largest absolute Gasteiger partial charge is 0.444 e. The second-order valence-corrected chi connectivity index (χ2v) is 11.0. The summed E-state index contributed by atoms with van der Waals surface area (Å²) in [5.74, 6) is -0.740. The van der Waals surface area contributed by atoms with Gasteiger partial charge in [0.15, 0.2) is 0 Å². The van der Waals surface area contributed by atoms with Gasteiger partial charge in [-0.1, -0.05) is 74.2 Å². The maximum atomic E-state index is 14.0. The zero-order valence-electron chi connectivity index (χ0n) is 23.7. The van der Waals surface area contributed by atoms with Gasteiger partial charge in [0.25, 0.3) is 5.91 Å². The van der Waals surface area contributed by atoms with E-state index in [1.807, 2.05) is 50.2 Å². The van der Waals surface area contributed by atoms with E-state index >= 15 is 0 Å². The Kier molecular flexibility index (Phi) is 11.6. The molecule has 2 rings (SSSR count). The van der Waals surface area contributed by atoms with Gasteiger partial charge in [0.1, 0.15) is 17.7 Å². The summed E-state index contributed by atoms with van der Waals surface area (Å²) in [6, 6.07) is 11.1. The minimum atomic E-state index is -0.927. The molecule has 0 fully saturated rings. The van der Waals surface area contributed by atoms with Crippen LogP contribution in [0.2, 0.25) is 5.02 Å². The molecule has 2 atom stereocenters. The van der Waals surface area contributed by atoms with E-state index in [0.717, 1.165) is 36.8 Å². The van der Waals surface area contributed by atoms with E-state index in [9.17, 15) is 14.4 Å². The molecule has 0 bridgehead atoms. The van der Waals surface area contributed by atoms with Crippen LogP contribution in [0, 0.1) is 13.8 Å². The van der Waals surface area contributed by atoms with E-state index in [2.05, 4.69) is 17.6 Å². The molecule has 0 aliphatic rings. The standard InChI is InChI=1S/C30H42ClN3O4/c1-8-9-10-13-19-34(28(36)22(4)32-29(37)38-30(5,6)7)26(23-17-12-11-15-20(23)2)27(35)33-25-21(3)16-14-18-24(25)31/h11-12,14-18,22,26H,8-10,13,19H2,1-7H3,(H,32,37)(H,33,35). The highest BCUT2D eigenvalue weighted by atomic mass is 35.5. The number of benzene rings is 2. The van der Waals surface area contributed by atoms with Crippen LogP contribution in [0.1, 0.15) is 83.0 Å². The second-order valence-electron chi connectivity index (χ2n) is 10.6. The van der Waals surface area contributed by atoms with E-state index in [0.29, 0.717) is 22.8 Å². The zero-order valence-corrected chi connectivity index (χ0v) is 24.4. The van der Waals surface area contributed by atoms with Crippen molar-refractivity contribution in [3.8, 4) is 0 Å². The third kappa shape index (κ3) is 9.05. The van der Waals surface area contributed by atoms with Crippen LogP contribution in [-0.4, -0.2) is 41.0 Å². The second kappa shape index (κ2) is 14.2. The maximum Gasteiger partial charge on any atom is 0.408 e. The predicted molar refractivity (Wildman–Crippen MR) is 153 cm³/mol. The highest BCUT2D eigenvalue weighted by Crippen LogP contribution is 2.31. The first-order valence-electron chi connectivity index (χ1n) is 13.3. The molecule has 208 valence electrons. The Morgan fingerprint density at radius 2 is 1.63 bits per heavy atom. The third-order valence-electron chi connectivity index (χ3n) is 6.15. The van der Waals surface area contributed by atoms with Gasteiger partial charge in [-0.25, -0.2) is 4.79 Å². The smallest absolute Gasteiger partial charge is 0.408 e. The van der Waals surface area contributed by atoms with Crippen molar-refractivity contribution in [3.63, 3.8) is 0 Å². The Hall–Kier alpha value is -3.06. The highest BCUT2D eigenvalue weighted by molar-refractivity contribution is 6.34. The van der Waals surface area contributed by atoms with Gasteiger partial charge >= 0.3 is 6.09 Å². The minimum Gasteiger partial charge on any atom is -0.444 e. The summed E-state index contributed by atoms with van der Waals surface area (Å²) >= 11 is 6.42. The third-order valence-corrected chi connectivity index (χ3v) is 6.47. The molecule has 8 heteroatoms. The molecule has 7 nitrogen and oxygen atoms in total. The Labute approximate surface area is 232 Å². The molecule has 0 aromatic heterocycles. The normalized spacial score (nSPS) is 12.8. The number of halogens is 1. The molecule has 0 heterocycles. The molecule has 0 saturated heterocycles. The average Bonchev–Trinajstić information content (AvgIpc) is 2.82. The fourth-order valence-corrected chi connectivity index (χ4v) is 4.47. The van der Waals surface area contributed by atoms with E-state index in [4.69, 9.17) is 16.3 Å². The zero-order chi connectivity index (χ0) is 28.5. The quantitative estimate of drug-likeness (QED) is 0.300. The van der Waals surface area contributed by atoms with Crippen LogP contribution in [0.4, 0.5) is 10.5 Å². The van der Waals surface area contributed by atoms with Gasteiger partial charge in [0.05, 0.1) is 10.7 Å². The lowest BCUT2D eigenvalue weighted by molar-refractivity contribution is -0.140. The monoisotopic (exact) mass is 543 g/mol. The van der Waals surface area contributed by atoms with Gasteiger partial charge in [-0.3, -0.25) is 9.59 Å². The van der Waals surface area contributed by atoms with Crippen molar-refractivity contribution in [1.29, 1.82) is 0 Å². The Morgan fingerprint density at radius 3 is 2.24 bits per heavy atom. The number of anilines is 1. The average molecular weight is 544 g/mol. The molecular weight excluding hydrogens is 502 g/mol. The molecule has 0 spiro atoms. The summed E-state index contributed by atoms with van der Waals surface area (Å²) in [7, 11) is 0. The topological polar surface area (TPSA) is 87.7 Å². The summed E-state index contributed by atoms with van der Waals surface area (Å²) in [5.41, 5.74) is 2.21. The van der Waals surface area contributed by atoms with Crippen molar-refractivity contribution in [1.82, 2.24) is 10.2 Å². The number of aryl methyl sites for hydroxylation is 2. The first kappa shape index (κ1) is 31.2. The van der Waals surface area contributed by atoms with Gasteiger partial charge in [0.2, 0.25) is 5.91 Å². The number of rotatable bonds is 11. The summed E-state index contributed by atoms with van der Waals surface area (Å²) in [5, 5.41) is 6.04. The molecule has 2 aromatic carbocycles. The van der Waals surface area contributed by atoms with Crippen molar-refractivity contribution >= 4 is 35.2 Å². The molecule has 3 amide bonds. The number of nitrogens with one attached hydrogen (secondary N) is 2. The van der Waals surface area contributed by atoms with Gasteiger partial charge in [-0.05, 0) is 70.7 Å². The Bertz CT molecular complexity index is 1090. The Morgan fingerprint density at radius 1 is 0.974 bits per heavy atom. The van der Waals surface area contributed by atoms with Crippen LogP contribution in [0.25, 0.3) is 0 Å². The lowest BCUT2D eigenvalue weighted by Crippen LogP contribution is -2.51. The number of nitrogens with zero attached hydrogens (tertiary/aromatic N) is 1. The van der Waals surface area contributed by atoms with Gasteiger partial charge in [-0.15, -0.1) is 0 Å². The van der Waals surface area contributed by atoms with Crippen LogP contribution >= 0.6 is 11.6 Å². The first-order chi connectivity index (χ1) is 17.9. The number of para-hydroxylation sites is 1. The molecule has 0 radical (unpaired) electrons. The number of carbonyl (C=O) groups excluding carboxylic acids is 3. The van der Waals surface area contributed by atoms with Gasteiger partial charge in [0, 0.05) is 6.54 Å². The van der Waals surface area contributed by atoms with E-state index in [1.165, 1.54) is 0 Å². The van der Waals surface area contributed by atoms with Crippen LogP contribution in [0.15, 0.2) is 42.5 Å². The molecule has 2 aromatic rings. The van der Waals surface area contributed by atoms with Crippen molar-refractivity contribution in [2.24, 2.45) is 0 Å². The van der Waals surface area contributed by atoms with Gasteiger partial charge in [-0.2, -0.15) is 0 Å². The number of hydrogen-bond donors (Lipinski definition) is 2. The lowest BCUT2D eigenvalue weighted by atomic mass is 9.97. The van der Waals surface area contributed by atoms with Crippen molar-refractivity contribution < 1.29 is 19.1 Å². The predicted octanol–water partition coefficient (Wildman–Crippen LogP) is 6.96. The van der Waals surface area contributed by atoms with E-state index < -0.39 is 23.8 Å².